The Labute approximate surface area is 186 Å². The molecule has 6 nitrogen and oxygen atoms in total. The van der Waals surface area contributed by atoms with Gasteiger partial charge < -0.3 is 20.0 Å². The van der Waals surface area contributed by atoms with Crippen LogP contribution in [0.15, 0.2) is 35.3 Å². The molecule has 1 unspecified atom stereocenters. The smallest absolute Gasteiger partial charge is 0.194 e. The molecule has 31 heavy (non-hydrogen) atoms. The third kappa shape index (κ3) is 5.39. The van der Waals surface area contributed by atoms with Crippen LogP contribution in [0.2, 0.25) is 0 Å². The fourth-order valence-electron chi connectivity index (χ4n) is 4.83. The first-order chi connectivity index (χ1) is 15.2. The number of likely N-dealkylation sites (tertiary alicyclic amines) is 1. The average Bonchev–Trinajstić information content (AvgIpc) is 3.49. The highest BCUT2D eigenvalue weighted by Gasteiger charge is 2.29. The van der Waals surface area contributed by atoms with Gasteiger partial charge in [0.05, 0.1) is 12.2 Å². The number of likely N-dealkylation sites (N-methyl/N-ethyl adjacent to an activating group) is 1. The Hall–Kier alpha value is -2.12. The Balaban J connectivity index is 1.37. The molecule has 0 radical (unpaired) electrons. The summed E-state index contributed by atoms with van der Waals surface area (Å²) in [4.78, 5) is 14.3. The minimum absolute atomic E-state index is 0.134. The molecule has 3 aliphatic rings. The second-order valence-corrected chi connectivity index (χ2v) is 8.69. The van der Waals surface area contributed by atoms with Crippen LogP contribution >= 0.6 is 0 Å². The number of piperazine rings is 1. The number of nitrogens with one attached hydrogen (secondary N) is 1. The highest BCUT2D eigenvalue weighted by atomic mass is 19.1. The third-order valence-electron chi connectivity index (χ3n) is 6.74. The van der Waals surface area contributed by atoms with E-state index in [0.29, 0.717) is 12.6 Å². The van der Waals surface area contributed by atoms with Crippen molar-refractivity contribution < 1.29 is 4.39 Å². The molecule has 0 aromatic heterocycles. The van der Waals surface area contributed by atoms with E-state index in [1.165, 1.54) is 6.42 Å². The molecule has 0 amide bonds. The van der Waals surface area contributed by atoms with Crippen LogP contribution in [0.3, 0.4) is 0 Å². The van der Waals surface area contributed by atoms with E-state index in [-0.39, 0.29) is 5.82 Å². The zero-order valence-corrected chi connectivity index (χ0v) is 19.1. The molecule has 1 N–H and O–H groups in total. The first-order valence-electron chi connectivity index (χ1n) is 11.9. The maximum absolute atomic E-state index is 14.9. The average molecular weight is 429 g/mol. The molecule has 3 aliphatic heterocycles. The Morgan fingerprint density at radius 1 is 1.10 bits per heavy atom. The first kappa shape index (κ1) is 22.1. The third-order valence-corrected chi connectivity index (χ3v) is 6.74. The van der Waals surface area contributed by atoms with Crippen LogP contribution < -0.4 is 10.2 Å². The summed E-state index contributed by atoms with van der Waals surface area (Å²) in [6.45, 7) is 14.6. The van der Waals surface area contributed by atoms with E-state index in [1.54, 1.807) is 6.07 Å². The van der Waals surface area contributed by atoms with Crippen LogP contribution in [-0.4, -0.2) is 92.1 Å². The second kappa shape index (κ2) is 10.5. The van der Waals surface area contributed by atoms with Crippen LogP contribution in [0.5, 0.6) is 0 Å². The quantitative estimate of drug-likeness (QED) is 0.428. The molecular formula is C24H37FN6. The van der Waals surface area contributed by atoms with Crippen molar-refractivity contribution >= 4 is 11.6 Å². The minimum atomic E-state index is -0.134. The Morgan fingerprint density at radius 3 is 2.55 bits per heavy atom. The molecule has 0 spiro atoms. The van der Waals surface area contributed by atoms with Crippen LogP contribution in [0.4, 0.5) is 10.1 Å². The van der Waals surface area contributed by atoms with Gasteiger partial charge in [0.1, 0.15) is 5.82 Å². The van der Waals surface area contributed by atoms with Crippen molar-refractivity contribution in [2.24, 2.45) is 4.99 Å². The lowest BCUT2D eigenvalue weighted by molar-refractivity contribution is 0.259. The fraction of sp³-hybridized carbons (Fsp3) is 0.625. The van der Waals surface area contributed by atoms with Crippen LogP contribution in [0, 0.1) is 5.82 Å². The van der Waals surface area contributed by atoms with Crippen molar-refractivity contribution in [1.29, 1.82) is 0 Å². The second-order valence-electron chi connectivity index (χ2n) is 8.69. The van der Waals surface area contributed by atoms with E-state index >= 15 is 0 Å². The highest BCUT2D eigenvalue weighted by molar-refractivity contribution is 5.80. The van der Waals surface area contributed by atoms with Gasteiger partial charge in [-0.2, -0.15) is 0 Å². The minimum Gasteiger partial charge on any atom is -0.367 e. The van der Waals surface area contributed by atoms with E-state index in [9.17, 15) is 4.39 Å². The van der Waals surface area contributed by atoms with E-state index in [4.69, 9.17) is 4.99 Å². The predicted octanol–water partition coefficient (Wildman–Crippen LogP) is 2.38. The molecule has 2 fully saturated rings. The van der Waals surface area contributed by atoms with Gasteiger partial charge in [0.25, 0.3) is 0 Å². The molecule has 1 atom stereocenters. The molecule has 1 aromatic rings. The van der Waals surface area contributed by atoms with Crippen molar-refractivity contribution in [3.05, 3.63) is 41.7 Å². The molecule has 7 heteroatoms. The van der Waals surface area contributed by atoms with E-state index in [0.717, 1.165) is 82.7 Å². The van der Waals surface area contributed by atoms with Gasteiger partial charge in [-0.15, -0.1) is 0 Å². The number of nitrogens with zero attached hydrogens (tertiary/aromatic N) is 5. The Bertz CT molecular complexity index is 778. The normalized spacial score (nSPS) is 23.2. The van der Waals surface area contributed by atoms with Gasteiger partial charge in [0, 0.05) is 64.9 Å². The van der Waals surface area contributed by atoms with Gasteiger partial charge in [-0.05, 0) is 37.6 Å². The molecule has 0 bridgehead atoms. The lowest BCUT2D eigenvalue weighted by Crippen LogP contribution is -2.46. The molecule has 0 aliphatic carbocycles. The summed E-state index contributed by atoms with van der Waals surface area (Å²) in [6, 6.07) is 6.21. The lowest BCUT2D eigenvalue weighted by atomic mass is 10.1. The molecular weight excluding hydrogens is 391 g/mol. The predicted molar refractivity (Wildman–Crippen MR) is 126 cm³/mol. The van der Waals surface area contributed by atoms with Gasteiger partial charge in [-0.3, -0.25) is 4.90 Å². The molecule has 2 saturated heterocycles. The van der Waals surface area contributed by atoms with Gasteiger partial charge >= 0.3 is 0 Å². The summed E-state index contributed by atoms with van der Waals surface area (Å²) >= 11 is 0. The van der Waals surface area contributed by atoms with Gasteiger partial charge in [0.15, 0.2) is 5.96 Å². The molecule has 4 rings (SSSR count). The summed E-state index contributed by atoms with van der Waals surface area (Å²) in [7, 11) is 0. The monoisotopic (exact) mass is 428 g/mol. The molecule has 170 valence electrons. The van der Waals surface area contributed by atoms with Crippen molar-refractivity contribution in [3.63, 3.8) is 0 Å². The van der Waals surface area contributed by atoms with Gasteiger partial charge in [-0.25, -0.2) is 9.38 Å². The highest BCUT2D eigenvalue weighted by Crippen LogP contribution is 2.23. The van der Waals surface area contributed by atoms with Crippen molar-refractivity contribution in [2.45, 2.75) is 32.9 Å². The number of aliphatic imine (C=N–C) groups is 1. The lowest BCUT2D eigenvalue weighted by Gasteiger charge is -2.35. The summed E-state index contributed by atoms with van der Waals surface area (Å²) in [5.41, 5.74) is 1.64. The van der Waals surface area contributed by atoms with E-state index in [2.05, 4.69) is 50.9 Å². The standard InChI is InChI=1S/C24H37FN6/c1-3-26-24(31-12-9-21(19-31)29-10-5-6-11-29)27-18-20-7-8-23(22(25)17-20)30-15-13-28(4-2)14-16-30/h5-8,17,21H,3-4,9-16,18-19H2,1-2H3,(H,26,27). The zero-order chi connectivity index (χ0) is 21.6. The molecule has 0 saturated carbocycles. The van der Waals surface area contributed by atoms with Crippen molar-refractivity contribution in [2.75, 3.05) is 70.3 Å². The van der Waals surface area contributed by atoms with Crippen LogP contribution in [-0.2, 0) is 6.54 Å². The Kier molecular flexibility index (Phi) is 7.45. The first-order valence-corrected chi connectivity index (χ1v) is 11.9. The molecule has 1 aromatic carbocycles. The van der Waals surface area contributed by atoms with Crippen LogP contribution in [0.25, 0.3) is 0 Å². The van der Waals surface area contributed by atoms with Gasteiger partial charge in [-0.1, -0.05) is 25.1 Å². The summed E-state index contributed by atoms with van der Waals surface area (Å²) in [6.07, 6.45) is 5.68. The SMILES string of the molecule is CCNC(=NCc1ccc(N2CCN(CC)CC2)c(F)c1)N1CCC(N2CC=CC2)C1. The number of guanidine groups is 1. The maximum atomic E-state index is 14.9. The number of benzene rings is 1. The van der Waals surface area contributed by atoms with Crippen molar-refractivity contribution in [3.8, 4) is 0 Å². The number of rotatable bonds is 6. The maximum Gasteiger partial charge on any atom is 0.194 e. The largest absolute Gasteiger partial charge is 0.367 e. The number of halogens is 1. The van der Waals surface area contributed by atoms with Crippen molar-refractivity contribution in [1.82, 2.24) is 20.0 Å². The van der Waals surface area contributed by atoms with Crippen LogP contribution in [0.1, 0.15) is 25.8 Å². The van der Waals surface area contributed by atoms with E-state index in [1.807, 2.05) is 12.1 Å². The summed E-state index contributed by atoms with van der Waals surface area (Å²) < 4.78 is 14.9. The number of hydrogen-bond acceptors (Lipinski definition) is 4. The topological polar surface area (TPSA) is 37.4 Å². The summed E-state index contributed by atoms with van der Waals surface area (Å²) in [5, 5.41) is 3.43. The molecule has 3 heterocycles. The fourth-order valence-corrected chi connectivity index (χ4v) is 4.83. The Morgan fingerprint density at radius 2 is 1.87 bits per heavy atom. The number of anilines is 1. The number of hydrogen-bond donors (Lipinski definition) is 1. The van der Waals surface area contributed by atoms with E-state index < -0.39 is 0 Å². The van der Waals surface area contributed by atoms with Gasteiger partial charge in [0.2, 0.25) is 0 Å². The summed E-state index contributed by atoms with van der Waals surface area (Å²) in [5.74, 6) is 0.808. The zero-order valence-electron chi connectivity index (χ0n) is 19.1.